The van der Waals surface area contributed by atoms with Gasteiger partial charge in [-0.05, 0) is 18.8 Å². The normalized spacial score (nSPS) is 15.9. The van der Waals surface area contributed by atoms with Crippen molar-refractivity contribution in [2.24, 2.45) is 12.5 Å². The van der Waals surface area contributed by atoms with Gasteiger partial charge in [0.15, 0.2) is 0 Å². The number of aryl methyl sites for hydroxylation is 1. The van der Waals surface area contributed by atoms with Gasteiger partial charge in [0.2, 0.25) is 0 Å². The van der Waals surface area contributed by atoms with E-state index in [0.717, 1.165) is 12.0 Å². The average Bonchev–Trinajstić information content (AvgIpc) is 2.58. The van der Waals surface area contributed by atoms with Crippen molar-refractivity contribution in [2.45, 2.75) is 46.3 Å². The van der Waals surface area contributed by atoms with Gasteiger partial charge in [-0.3, -0.25) is 4.68 Å². The highest BCUT2D eigenvalue weighted by Gasteiger charge is 2.17. The maximum Gasteiger partial charge on any atom is 0.0669 e. The Balaban J connectivity index is 2.35. The Morgan fingerprint density at radius 1 is 1.47 bits per heavy atom. The first kappa shape index (κ1) is 14.2. The van der Waals surface area contributed by atoms with Gasteiger partial charge in [-0.1, -0.05) is 20.8 Å². The fourth-order valence-electron chi connectivity index (χ4n) is 1.87. The van der Waals surface area contributed by atoms with Crippen molar-refractivity contribution in [2.75, 3.05) is 6.54 Å². The standard InChI is InChI=1S/C13H25N3O/c1-10(11-7-15-16(5)9-11)14-8-12(17)6-13(2,3)4/h7,9-10,12,14,17H,6,8H2,1-5H3. The van der Waals surface area contributed by atoms with Crippen LogP contribution >= 0.6 is 0 Å². The van der Waals surface area contributed by atoms with Crippen LogP contribution in [0.4, 0.5) is 0 Å². The second kappa shape index (κ2) is 5.65. The van der Waals surface area contributed by atoms with Crippen LogP contribution in [0.5, 0.6) is 0 Å². The molecule has 0 aliphatic rings. The van der Waals surface area contributed by atoms with Crippen molar-refractivity contribution >= 4 is 0 Å². The van der Waals surface area contributed by atoms with E-state index in [-0.39, 0.29) is 17.6 Å². The number of aromatic nitrogens is 2. The largest absolute Gasteiger partial charge is 0.392 e. The summed E-state index contributed by atoms with van der Waals surface area (Å²) in [5.41, 5.74) is 1.31. The van der Waals surface area contributed by atoms with Gasteiger partial charge in [0.05, 0.1) is 12.3 Å². The molecule has 0 aromatic carbocycles. The van der Waals surface area contributed by atoms with Crippen LogP contribution in [0.3, 0.4) is 0 Å². The number of aliphatic hydroxyl groups excluding tert-OH is 1. The summed E-state index contributed by atoms with van der Waals surface area (Å²) in [6, 6.07) is 0.221. The van der Waals surface area contributed by atoms with Gasteiger partial charge in [0.1, 0.15) is 0 Å². The molecule has 0 radical (unpaired) electrons. The van der Waals surface area contributed by atoms with Crippen LogP contribution in [-0.2, 0) is 7.05 Å². The highest BCUT2D eigenvalue weighted by molar-refractivity contribution is 5.08. The van der Waals surface area contributed by atoms with E-state index < -0.39 is 0 Å². The predicted octanol–water partition coefficient (Wildman–Crippen LogP) is 1.87. The minimum absolute atomic E-state index is 0.165. The van der Waals surface area contributed by atoms with E-state index in [1.807, 2.05) is 19.4 Å². The third-order valence-electron chi connectivity index (χ3n) is 2.73. The van der Waals surface area contributed by atoms with Gasteiger partial charge in [0.25, 0.3) is 0 Å². The van der Waals surface area contributed by atoms with Crippen LogP contribution in [0.15, 0.2) is 12.4 Å². The molecule has 17 heavy (non-hydrogen) atoms. The summed E-state index contributed by atoms with van der Waals surface area (Å²) >= 11 is 0. The highest BCUT2D eigenvalue weighted by Crippen LogP contribution is 2.20. The summed E-state index contributed by atoms with van der Waals surface area (Å²) in [6.45, 7) is 9.12. The number of hydrogen-bond donors (Lipinski definition) is 2. The Kier molecular flexibility index (Phi) is 4.71. The first-order valence-corrected chi connectivity index (χ1v) is 6.18. The van der Waals surface area contributed by atoms with Crippen molar-refractivity contribution in [3.63, 3.8) is 0 Å². The SMILES string of the molecule is CC(NCC(O)CC(C)(C)C)c1cnn(C)c1. The molecule has 0 saturated heterocycles. The maximum absolute atomic E-state index is 9.90. The van der Waals surface area contributed by atoms with Gasteiger partial charge in [-0.2, -0.15) is 5.10 Å². The Morgan fingerprint density at radius 2 is 2.12 bits per heavy atom. The third-order valence-corrected chi connectivity index (χ3v) is 2.73. The molecule has 2 unspecified atom stereocenters. The Morgan fingerprint density at radius 3 is 2.59 bits per heavy atom. The number of aliphatic hydroxyl groups is 1. The van der Waals surface area contributed by atoms with E-state index in [4.69, 9.17) is 0 Å². The molecule has 0 bridgehead atoms. The summed E-state index contributed by atoms with van der Waals surface area (Å²) in [7, 11) is 1.91. The molecular weight excluding hydrogens is 214 g/mol. The summed E-state index contributed by atoms with van der Waals surface area (Å²) in [4.78, 5) is 0. The number of nitrogens with one attached hydrogen (secondary N) is 1. The Hall–Kier alpha value is -0.870. The van der Waals surface area contributed by atoms with E-state index in [2.05, 4.69) is 38.1 Å². The summed E-state index contributed by atoms with van der Waals surface area (Å²) in [6.07, 6.45) is 4.36. The third kappa shape index (κ3) is 5.33. The summed E-state index contributed by atoms with van der Waals surface area (Å²) in [5.74, 6) is 0. The molecule has 2 N–H and O–H groups in total. The van der Waals surface area contributed by atoms with E-state index in [1.54, 1.807) is 4.68 Å². The average molecular weight is 239 g/mol. The van der Waals surface area contributed by atoms with E-state index in [1.165, 1.54) is 0 Å². The monoisotopic (exact) mass is 239 g/mol. The van der Waals surface area contributed by atoms with Crippen LogP contribution in [-0.4, -0.2) is 27.5 Å². The van der Waals surface area contributed by atoms with E-state index in [0.29, 0.717) is 6.54 Å². The van der Waals surface area contributed by atoms with E-state index >= 15 is 0 Å². The molecular formula is C13H25N3O. The lowest BCUT2D eigenvalue weighted by molar-refractivity contribution is 0.117. The van der Waals surface area contributed by atoms with Crippen molar-refractivity contribution in [3.8, 4) is 0 Å². The molecule has 0 aliphatic carbocycles. The molecule has 2 atom stereocenters. The molecule has 0 spiro atoms. The number of nitrogens with zero attached hydrogens (tertiary/aromatic N) is 2. The molecule has 0 saturated carbocycles. The van der Waals surface area contributed by atoms with Gasteiger partial charge in [-0.15, -0.1) is 0 Å². The molecule has 98 valence electrons. The fourth-order valence-corrected chi connectivity index (χ4v) is 1.87. The molecule has 1 heterocycles. The zero-order valence-corrected chi connectivity index (χ0v) is 11.6. The van der Waals surface area contributed by atoms with Crippen LogP contribution in [0.1, 0.15) is 45.7 Å². The first-order valence-electron chi connectivity index (χ1n) is 6.18. The summed E-state index contributed by atoms with van der Waals surface area (Å²) in [5, 5.41) is 17.4. The van der Waals surface area contributed by atoms with Crippen molar-refractivity contribution in [1.82, 2.24) is 15.1 Å². The second-order valence-corrected chi connectivity index (χ2v) is 6.00. The molecule has 1 aromatic heterocycles. The Bertz CT molecular complexity index is 341. The molecule has 0 amide bonds. The van der Waals surface area contributed by atoms with Crippen LogP contribution < -0.4 is 5.32 Å². The quantitative estimate of drug-likeness (QED) is 0.824. The molecule has 4 nitrogen and oxygen atoms in total. The second-order valence-electron chi connectivity index (χ2n) is 6.00. The van der Waals surface area contributed by atoms with Crippen molar-refractivity contribution < 1.29 is 5.11 Å². The van der Waals surface area contributed by atoms with Gasteiger partial charge in [-0.25, -0.2) is 0 Å². The van der Waals surface area contributed by atoms with Crippen LogP contribution in [0, 0.1) is 5.41 Å². The molecule has 0 aliphatic heterocycles. The topological polar surface area (TPSA) is 50.1 Å². The van der Waals surface area contributed by atoms with Crippen LogP contribution in [0.2, 0.25) is 0 Å². The lowest BCUT2D eigenvalue weighted by Gasteiger charge is -2.23. The lowest BCUT2D eigenvalue weighted by atomic mass is 9.89. The van der Waals surface area contributed by atoms with Crippen LogP contribution in [0.25, 0.3) is 0 Å². The van der Waals surface area contributed by atoms with Crippen molar-refractivity contribution in [1.29, 1.82) is 0 Å². The maximum atomic E-state index is 9.90. The summed E-state index contributed by atoms with van der Waals surface area (Å²) < 4.78 is 1.79. The molecule has 4 heteroatoms. The van der Waals surface area contributed by atoms with E-state index in [9.17, 15) is 5.11 Å². The minimum atomic E-state index is -0.297. The lowest BCUT2D eigenvalue weighted by Crippen LogP contribution is -2.31. The Labute approximate surface area is 104 Å². The predicted molar refractivity (Wildman–Crippen MR) is 69.7 cm³/mol. The zero-order chi connectivity index (χ0) is 13.1. The fraction of sp³-hybridized carbons (Fsp3) is 0.769. The highest BCUT2D eigenvalue weighted by atomic mass is 16.3. The molecule has 0 fully saturated rings. The first-order chi connectivity index (χ1) is 7.78. The smallest absolute Gasteiger partial charge is 0.0669 e. The number of hydrogen-bond acceptors (Lipinski definition) is 3. The van der Waals surface area contributed by atoms with Crippen molar-refractivity contribution in [3.05, 3.63) is 18.0 Å². The van der Waals surface area contributed by atoms with Gasteiger partial charge < -0.3 is 10.4 Å². The molecule has 1 rings (SSSR count). The minimum Gasteiger partial charge on any atom is -0.392 e. The van der Waals surface area contributed by atoms with Gasteiger partial charge >= 0.3 is 0 Å². The zero-order valence-electron chi connectivity index (χ0n) is 11.6. The number of rotatable bonds is 5. The van der Waals surface area contributed by atoms with Gasteiger partial charge in [0, 0.05) is 31.4 Å². The molecule has 1 aromatic rings.